The monoisotopic (exact) mass is 966 g/mol. The number of carbonyl (C=O) groups excluding carboxylic acids is 1. The lowest BCUT2D eigenvalue weighted by atomic mass is 9.83. The topological polar surface area (TPSA) is 165 Å². The van der Waals surface area contributed by atoms with Gasteiger partial charge in [0.05, 0.1) is 59.0 Å². The first-order valence-electron chi connectivity index (χ1n) is 24.7. The Kier molecular flexibility index (Phi) is 10.6. The summed E-state index contributed by atoms with van der Waals surface area (Å²) in [7, 11) is 0. The van der Waals surface area contributed by atoms with Crippen molar-refractivity contribution in [2.45, 2.75) is 110 Å². The maximum absolute atomic E-state index is 16.6. The number of hydrogen-bond acceptors (Lipinski definition) is 9. The molecule has 1 amide bonds. The van der Waals surface area contributed by atoms with Crippen molar-refractivity contribution in [2.24, 2.45) is 11.8 Å². The molecule has 1 N–H and O–H groups in total. The van der Waals surface area contributed by atoms with Crippen LogP contribution in [0, 0.1) is 37.3 Å². The van der Waals surface area contributed by atoms with Crippen molar-refractivity contribution in [1.29, 1.82) is 0 Å². The summed E-state index contributed by atoms with van der Waals surface area (Å²) in [4.78, 5) is 47.6. The molecule has 0 radical (unpaired) electrons. The fraction of sp³-hybridized carbons (Fsp3) is 0.434. The summed E-state index contributed by atoms with van der Waals surface area (Å²) in [6.07, 6.45) is 9.61. The van der Waals surface area contributed by atoms with Crippen molar-refractivity contribution in [3.63, 3.8) is 0 Å². The lowest BCUT2D eigenvalue weighted by molar-refractivity contribution is -0.0592. The molecular weight excluding hydrogens is 911 g/mol. The maximum atomic E-state index is 16.6. The zero-order chi connectivity index (χ0) is 49.2. The van der Waals surface area contributed by atoms with Gasteiger partial charge in [0, 0.05) is 55.0 Å². The van der Waals surface area contributed by atoms with Gasteiger partial charge in [-0.15, -0.1) is 0 Å². The number of aromatic nitrogens is 9. The molecule has 368 valence electrons. The van der Waals surface area contributed by atoms with E-state index in [2.05, 4.69) is 54.2 Å². The molecule has 16 nitrogen and oxygen atoms in total. The Morgan fingerprint density at radius 1 is 0.944 bits per heavy atom. The van der Waals surface area contributed by atoms with E-state index in [1.54, 1.807) is 58.6 Å². The number of aryl methyl sites for hydroxylation is 2. The average Bonchev–Trinajstić information content (AvgIpc) is 3.84. The molecule has 4 aliphatic rings. The number of H-pyrrole nitrogens is 1. The molecule has 0 unspecified atom stereocenters. The van der Waals surface area contributed by atoms with E-state index in [4.69, 9.17) is 19.1 Å². The highest BCUT2D eigenvalue weighted by atomic mass is 19.1. The number of rotatable bonds is 12. The number of carbonyl (C=O) groups is 1. The Balaban J connectivity index is 0.956. The standard InChI is InChI=1S/C53H56F2N10O6/c1-29-21-37(22-30(2)45(29)54)65-47(62-17-16-61(51(62)68)42-12-11-41-38(46(42)55)27-56-63(41)18-20-69-28-33-7-8-33)44-32(4)60(15-13-39(44)58-65)48(66)43-24-36-23-34(35-14-19-70-52(5,6)26-35)9-10-40(36)64(43)53(25-31(53)3)49-57-50(67)71-59-49/h9-12,16-17,21-24,27,31-33,35H,7-8,13-15,18-20,25-26,28H2,1-6H3,(H,57,59,67)/t31-,32-,35+,53-/m0/s1. The second kappa shape index (κ2) is 16.6. The molecule has 2 aliphatic carbocycles. The lowest BCUT2D eigenvalue weighted by Crippen LogP contribution is -2.41. The fourth-order valence-electron chi connectivity index (χ4n) is 11.6. The summed E-state index contributed by atoms with van der Waals surface area (Å²) >= 11 is 0. The van der Waals surface area contributed by atoms with E-state index < -0.39 is 28.8 Å². The molecule has 0 bridgehead atoms. The van der Waals surface area contributed by atoms with E-state index in [-0.39, 0.29) is 40.2 Å². The minimum Gasteiger partial charge on any atom is -0.379 e. The number of nitrogens with one attached hydrogen (secondary N) is 1. The van der Waals surface area contributed by atoms with Crippen LogP contribution in [0.4, 0.5) is 8.78 Å². The van der Waals surface area contributed by atoms with E-state index in [0.717, 1.165) is 29.3 Å². The van der Waals surface area contributed by atoms with Gasteiger partial charge >= 0.3 is 11.4 Å². The summed E-state index contributed by atoms with van der Waals surface area (Å²) in [5.41, 5.74) is 3.90. The Hall–Kier alpha value is -6.92. The zero-order valence-electron chi connectivity index (χ0n) is 40.7. The molecule has 1 saturated heterocycles. The SMILES string of the molecule is Cc1cc(-n2nc3c(c2-n2ccn(-c4ccc5c(cnn5CCOCC5CC5)c4F)c2=O)[C@H](C)N(C(=O)c2cc4cc([C@@H]5CCOC(C)(C)C5)ccc4n2[C@@]2(c4noc(=O)[nH]4)C[C@@H]2C)CC3)cc(C)c1F. The normalized spacial score (nSPS) is 21.9. The summed E-state index contributed by atoms with van der Waals surface area (Å²) in [5.74, 6) is -0.317. The Morgan fingerprint density at radius 3 is 2.42 bits per heavy atom. The minimum atomic E-state index is -0.864. The Bertz CT molecular complexity index is 3540. The largest absolute Gasteiger partial charge is 0.438 e. The molecule has 18 heteroatoms. The highest BCUT2D eigenvalue weighted by Crippen LogP contribution is 2.56. The summed E-state index contributed by atoms with van der Waals surface area (Å²) in [6.45, 7) is 14.1. The van der Waals surface area contributed by atoms with Crippen molar-refractivity contribution in [3.05, 3.63) is 139 Å². The summed E-state index contributed by atoms with van der Waals surface area (Å²) in [5, 5.41) is 14.9. The molecule has 7 heterocycles. The van der Waals surface area contributed by atoms with Gasteiger partial charge in [-0.05, 0) is 144 Å². The average molecular weight is 967 g/mol. The smallest absolute Gasteiger partial charge is 0.379 e. The molecule has 2 aliphatic heterocycles. The third kappa shape index (κ3) is 7.42. The van der Waals surface area contributed by atoms with Crippen molar-refractivity contribution >= 4 is 27.7 Å². The molecule has 4 atom stereocenters. The van der Waals surface area contributed by atoms with Gasteiger partial charge in [-0.25, -0.2) is 23.1 Å². The van der Waals surface area contributed by atoms with Crippen LogP contribution in [-0.4, -0.2) is 86.2 Å². The number of ether oxygens (including phenoxy) is 2. The Labute approximate surface area is 406 Å². The van der Waals surface area contributed by atoms with Gasteiger partial charge < -0.3 is 18.9 Å². The predicted octanol–water partition coefficient (Wildman–Crippen LogP) is 8.33. The van der Waals surface area contributed by atoms with Gasteiger partial charge in [-0.3, -0.25) is 28.1 Å². The molecule has 0 spiro atoms. The van der Waals surface area contributed by atoms with Crippen LogP contribution in [0.25, 0.3) is 39.0 Å². The van der Waals surface area contributed by atoms with Crippen LogP contribution >= 0.6 is 0 Å². The third-order valence-electron chi connectivity index (χ3n) is 15.6. The fourth-order valence-corrected chi connectivity index (χ4v) is 11.6. The van der Waals surface area contributed by atoms with Crippen molar-refractivity contribution in [2.75, 3.05) is 26.4 Å². The number of halogens is 2. The Morgan fingerprint density at radius 2 is 1.70 bits per heavy atom. The first-order chi connectivity index (χ1) is 34.1. The van der Waals surface area contributed by atoms with Gasteiger partial charge in [0.25, 0.3) is 5.91 Å². The molecule has 2 saturated carbocycles. The van der Waals surface area contributed by atoms with Crippen molar-refractivity contribution in [3.8, 4) is 17.2 Å². The summed E-state index contributed by atoms with van der Waals surface area (Å²) < 4.78 is 56.8. The highest BCUT2D eigenvalue weighted by molar-refractivity contribution is 6.00. The van der Waals surface area contributed by atoms with E-state index in [0.29, 0.717) is 103 Å². The van der Waals surface area contributed by atoms with Crippen LogP contribution in [0.5, 0.6) is 0 Å². The van der Waals surface area contributed by atoms with Gasteiger partial charge in [0.15, 0.2) is 11.6 Å². The van der Waals surface area contributed by atoms with E-state index in [1.165, 1.54) is 34.4 Å². The van der Waals surface area contributed by atoms with E-state index >= 15 is 13.6 Å². The second-order valence-electron chi connectivity index (χ2n) is 20.9. The van der Waals surface area contributed by atoms with Crippen molar-refractivity contribution in [1.82, 2.24) is 48.3 Å². The van der Waals surface area contributed by atoms with Gasteiger partial charge in [-0.2, -0.15) is 10.2 Å². The van der Waals surface area contributed by atoms with Crippen LogP contribution in [0.2, 0.25) is 0 Å². The first-order valence-corrected chi connectivity index (χ1v) is 24.7. The van der Waals surface area contributed by atoms with Crippen LogP contribution in [0.15, 0.2) is 81.2 Å². The number of benzene rings is 3. The minimum absolute atomic E-state index is 0.00643. The predicted molar refractivity (Wildman–Crippen MR) is 260 cm³/mol. The number of hydrogen-bond donors (Lipinski definition) is 1. The number of amides is 1. The third-order valence-corrected chi connectivity index (χ3v) is 15.6. The number of nitrogens with zero attached hydrogens (tertiary/aromatic N) is 9. The molecule has 3 fully saturated rings. The van der Waals surface area contributed by atoms with Gasteiger partial charge in [-0.1, -0.05) is 18.1 Å². The van der Waals surface area contributed by atoms with Gasteiger partial charge in [0.2, 0.25) is 0 Å². The van der Waals surface area contributed by atoms with Gasteiger partial charge in [0.1, 0.15) is 22.9 Å². The molecule has 71 heavy (non-hydrogen) atoms. The van der Waals surface area contributed by atoms with Crippen LogP contribution in [-0.2, 0) is 28.0 Å². The highest BCUT2D eigenvalue weighted by Gasteiger charge is 2.59. The molecule has 3 aromatic carbocycles. The lowest BCUT2D eigenvalue weighted by Gasteiger charge is -2.35. The maximum Gasteiger partial charge on any atom is 0.438 e. The van der Waals surface area contributed by atoms with E-state index in [9.17, 15) is 9.59 Å². The first kappa shape index (κ1) is 45.2. The zero-order valence-corrected chi connectivity index (χ0v) is 40.7. The quantitative estimate of drug-likeness (QED) is 0.119. The van der Waals surface area contributed by atoms with Crippen LogP contribution in [0.1, 0.15) is 116 Å². The molecule has 12 rings (SSSR count). The van der Waals surface area contributed by atoms with Crippen LogP contribution in [0.3, 0.4) is 0 Å². The molecular formula is C53H56F2N10O6. The molecule has 8 aromatic rings. The summed E-state index contributed by atoms with van der Waals surface area (Å²) in [6, 6.07) is 14.4. The number of fused-ring (bicyclic) bond motifs is 3. The number of aromatic amines is 1. The van der Waals surface area contributed by atoms with Crippen LogP contribution < -0.4 is 11.4 Å². The second-order valence-corrected chi connectivity index (χ2v) is 20.9. The number of imidazole rings is 1. The van der Waals surface area contributed by atoms with E-state index in [1.807, 2.05) is 17.6 Å². The molecule has 5 aromatic heterocycles. The van der Waals surface area contributed by atoms with Crippen molar-refractivity contribution < 1.29 is 27.6 Å².